The molecule has 0 unspecified atom stereocenters. The molecule has 0 saturated heterocycles. The van der Waals surface area contributed by atoms with E-state index in [1.165, 1.54) is 80.3 Å². The molecule has 0 N–H and O–H groups in total. The third-order valence-corrected chi connectivity index (χ3v) is 10.1. The van der Waals surface area contributed by atoms with Crippen LogP contribution in [0.2, 0.25) is 0 Å². The van der Waals surface area contributed by atoms with Gasteiger partial charge in [0.15, 0.2) is 0 Å². The Hall–Kier alpha value is -5.25. The summed E-state index contributed by atoms with van der Waals surface area (Å²) in [6, 6.07) is 41.9. The quantitative estimate of drug-likeness (QED) is 0.195. The van der Waals surface area contributed by atoms with Crippen LogP contribution in [-0.2, 0) is 0 Å². The SMILES string of the molecule is C=Cc1c(C)c2ccc(-c3cc4c(cn3)sc3ccc(-n5c6ccccc6c6ccccc65)cc34)cc2c2ccccc12. The molecule has 0 radical (unpaired) electrons. The van der Waals surface area contributed by atoms with Crippen LogP contribution in [0.3, 0.4) is 0 Å². The Morgan fingerprint density at radius 2 is 1.28 bits per heavy atom. The molecule has 0 aliphatic carbocycles. The summed E-state index contributed by atoms with van der Waals surface area (Å²) in [4.78, 5) is 4.96. The Kier molecular flexibility index (Phi) is 5.17. The number of para-hydroxylation sites is 2. The van der Waals surface area contributed by atoms with Crippen LogP contribution in [0.4, 0.5) is 0 Å². The van der Waals surface area contributed by atoms with E-state index in [-0.39, 0.29) is 0 Å². The van der Waals surface area contributed by atoms with E-state index in [4.69, 9.17) is 4.98 Å². The van der Waals surface area contributed by atoms with Gasteiger partial charge in [0.2, 0.25) is 0 Å². The third kappa shape index (κ3) is 3.49. The smallest absolute Gasteiger partial charge is 0.0709 e. The normalized spacial score (nSPS) is 11.9. The average Bonchev–Trinajstić information content (AvgIpc) is 3.60. The molecule has 0 aliphatic rings. The molecule has 0 saturated carbocycles. The second-order valence-corrected chi connectivity index (χ2v) is 12.4. The van der Waals surface area contributed by atoms with Crippen molar-refractivity contribution in [1.82, 2.24) is 9.55 Å². The molecular formula is C40H26N2S. The van der Waals surface area contributed by atoms with E-state index in [2.05, 4.69) is 133 Å². The molecular weight excluding hydrogens is 541 g/mol. The fourth-order valence-electron chi connectivity index (χ4n) is 6.98. The van der Waals surface area contributed by atoms with E-state index >= 15 is 0 Å². The van der Waals surface area contributed by atoms with Crippen molar-refractivity contribution >= 4 is 80.9 Å². The molecule has 2 nitrogen and oxygen atoms in total. The maximum absolute atomic E-state index is 4.96. The third-order valence-electron chi connectivity index (χ3n) is 9.01. The molecule has 0 fully saturated rings. The zero-order valence-electron chi connectivity index (χ0n) is 23.6. The minimum atomic E-state index is 0.992. The van der Waals surface area contributed by atoms with Crippen molar-refractivity contribution in [3.8, 4) is 16.9 Å². The highest BCUT2D eigenvalue weighted by Gasteiger charge is 2.15. The second kappa shape index (κ2) is 9.12. The van der Waals surface area contributed by atoms with E-state index in [1.54, 1.807) is 0 Å². The highest BCUT2D eigenvalue weighted by Crippen LogP contribution is 2.40. The number of hydrogen-bond acceptors (Lipinski definition) is 2. The minimum absolute atomic E-state index is 0.992. The Morgan fingerprint density at radius 1 is 0.605 bits per heavy atom. The number of nitrogens with zero attached hydrogens (tertiary/aromatic N) is 2. The molecule has 3 heteroatoms. The zero-order chi connectivity index (χ0) is 28.7. The summed E-state index contributed by atoms with van der Waals surface area (Å²) in [5.74, 6) is 0. The van der Waals surface area contributed by atoms with Gasteiger partial charge in [-0.2, -0.15) is 0 Å². The lowest BCUT2D eigenvalue weighted by Crippen LogP contribution is -1.93. The Balaban J connectivity index is 1.26. The molecule has 9 aromatic rings. The van der Waals surface area contributed by atoms with Crippen LogP contribution < -0.4 is 0 Å². The van der Waals surface area contributed by atoms with E-state index < -0.39 is 0 Å². The van der Waals surface area contributed by atoms with Gasteiger partial charge >= 0.3 is 0 Å². The van der Waals surface area contributed by atoms with Crippen LogP contribution in [-0.4, -0.2) is 9.55 Å². The van der Waals surface area contributed by atoms with E-state index in [1.807, 2.05) is 23.6 Å². The lowest BCUT2D eigenvalue weighted by atomic mass is 9.91. The molecule has 6 aromatic carbocycles. The van der Waals surface area contributed by atoms with Gasteiger partial charge in [0.05, 0.1) is 21.4 Å². The standard InChI is InChI=1S/C40H26N2S/c1-3-27-24(2)28-18-16-25(20-33(28)30-11-5-4-10-29(27)30)36-22-35-34-21-26(17-19-39(34)43-40(35)23-41-36)42-37-14-8-6-12-31(37)32-13-7-9-15-38(32)42/h3-23H,1H2,2H3. The first kappa shape index (κ1) is 24.4. The Morgan fingerprint density at radius 3 is 2.02 bits per heavy atom. The molecule has 0 aliphatic heterocycles. The average molecular weight is 567 g/mol. The van der Waals surface area contributed by atoms with E-state index in [0.29, 0.717) is 0 Å². The number of aromatic nitrogens is 2. The highest BCUT2D eigenvalue weighted by atomic mass is 32.1. The van der Waals surface area contributed by atoms with Crippen molar-refractivity contribution in [2.75, 3.05) is 0 Å². The summed E-state index contributed by atoms with van der Waals surface area (Å²) in [7, 11) is 0. The van der Waals surface area contributed by atoms with Gasteiger partial charge in [-0.25, -0.2) is 0 Å². The number of rotatable bonds is 3. The number of hydrogen-bond donors (Lipinski definition) is 0. The Bertz CT molecular complexity index is 2550. The van der Waals surface area contributed by atoms with Crippen LogP contribution in [0, 0.1) is 6.92 Å². The van der Waals surface area contributed by atoms with Gasteiger partial charge in [-0.05, 0) is 82.1 Å². The molecule has 3 heterocycles. The van der Waals surface area contributed by atoms with Gasteiger partial charge in [0, 0.05) is 43.7 Å². The van der Waals surface area contributed by atoms with Crippen LogP contribution >= 0.6 is 11.3 Å². The van der Waals surface area contributed by atoms with E-state index in [9.17, 15) is 0 Å². The Labute approximate surface area is 252 Å². The number of thiophene rings is 1. The summed E-state index contributed by atoms with van der Waals surface area (Å²) < 4.78 is 4.87. The number of benzene rings is 6. The zero-order valence-corrected chi connectivity index (χ0v) is 24.5. The molecule has 0 atom stereocenters. The van der Waals surface area contributed by atoms with Crippen molar-refractivity contribution < 1.29 is 0 Å². The maximum Gasteiger partial charge on any atom is 0.0709 e. The first-order chi connectivity index (χ1) is 21.2. The van der Waals surface area contributed by atoms with Crippen molar-refractivity contribution in [2.45, 2.75) is 6.92 Å². The van der Waals surface area contributed by atoms with Crippen LogP contribution in [0.5, 0.6) is 0 Å². The largest absolute Gasteiger partial charge is 0.309 e. The topological polar surface area (TPSA) is 17.8 Å². The molecule has 0 spiro atoms. The molecule has 43 heavy (non-hydrogen) atoms. The van der Waals surface area contributed by atoms with Gasteiger partial charge in [0.1, 0.15) is 0 Å². The van der Waals surface area contributed by atoms with Crippen LogP contribution in [0.25, 0.3) is 86.5 Å². The first-order valence-electron chi connectivity index (χ1n) is 14.6. The predicted octanol–water partition coefficient (Wildman–Crippen LogP) is 11.5. The summed E-state index contributed by atoms with van der Waals surface area (Å²) in [5.41, 5.74) is 8.22. The second-order valence-electron chi connectivity index (χ2n) is 11.3. The predicted molar refractivity (Wildman–Crippen MR) is 187 cm³/mol. The molecule has 0 amide bonds. The highest BCUT2D eigenvalue weighted by molar-refractivity contribution is 7.25. The molecule has 202 valence electrons. The molecule has 9 rings (SSSR count). The number of aryl methyl sites for hydroxylation is 1. The summed E-state index contributed by atoms with van der Waals surface area (Å²) in [6.07, 6.45) is 4.03. The monoisotopic (exact) mass is 566 g/mol. The number of pyridine rings is 1. The summed E-state index contributed by atoms with van der Waals surface area (Å²) in [5, 5.41) is 10.1. The number of fused-ring (bicyclic) bond motifs is 9. The first-order valence-corrected chi connectivity index (χ1v) is 15.4. The van der Waals surface area contributed by atoms with Gasteiger partial charge < -0.3 is 4.57 Å². The lowest BCUT2D eigenvalue weighted by molar-refractivity contribution is 1.19. The van der Waals surface area contributed by atoms with Gasteiger partial charge in [-0.15, -0.1) is 11.3 Å². The van der Waals surface area contributed by atoms with Crippen molar-refractivity contribution in [1.29, 1.82) is 0 Å². The van der Waals surface area contributed by atoms with E-state index in [0.717, 1.165) is 11.3 Å². The lowest BCUT2D eigenvalue weighted by Gasteiger charge is -2.13. The van der Waals surface area contributed by atoms with Gasteiger partial charge in [0.25, 0.3) is 0 Å². The minimum Gasteiger partial charge on any atom is -0.309 e. The van der Waals surface area contributed by atoms with Crippen molar-refractivity contribution in [3.05, 3.63) is 139 Å². The van der Waals surface area contributed by atoms with Crippen molar-refractivity contribution in [3.63, 3.8) is 0 Å². The van der Waals surface area contributed by atoms with Gasteiger partial charge in [-0.3, -0.25) is 4.98 Å². The van der Waals surface area contributed by atoms with Crippen molar-refractivity contribution in [2.24, 2.45) is 0 Å². The van der Waals surface area contributed by atoms with Crippen LogP contribution in [0.15, 0.2) is 128 Å². The maximum atomic E-state index is 4.96. The molecule has 0 bridgehead atoms. The fraction of sp³-hybridized carbons (Fsp3) is 0.0250. The van der Waals surface area contributed by atoms with Crippen LogP contribution in [0.1, 0.15) is 11.1 Å². The molecule has 3 aromatic heterocycles. The van der Waals surface area contributed by atoms with Gasteiger partial charge in [-0.1, -0.05) is 85.5 Å². The summed E-state index contributed by atoms with van der Waals surface area (Å²) >= 11 is 1.81. The fourth-order valence-corrected chi connectivity index (χ4v) is 8.02. The summed E-state index contributed by atoms with van der Waals surface area (Å²) in [6.45, 7) is 6.30.